The van der Waals surface area contributed by atoms with Crippen LogP contribution in [0, 0.1) is 17.9 Å². The summed E-state index contributed by atoms with van der Waals surface area (Å²) in [7, 11) is 0. The first-order valence-corrected chi connectivity index (χ1v) is 10.5. The zero-order chi connectivity index (χ0) is 21.6. The van der Waals surface area contributed by atoms with Crippen LogP contribution < -0.4 is 0 Å². The van der Waals surface area contributed by atoms with Gasteiger partial charge in [-0.05, 0) is 47.7 Å². The fourth-order valence-corrected chi connectivity index (χ4v) is 3.73. The second kappa shape index (κ2) is 10.7. The Morgan fingerprint density at radius 3 is 2.25 bits per heavy atom. The van der Waals surface area contributed by atoms with Gasteiger partial charge in [0.15, 0.2) is 11.5 Å². The number of hydrogen-bond donors (Lipinski definition) is 0. The van der Waals surface area contributed by atoms with Crippen molar-refractivity contribution in [2.75, 3.05) is 0 Å². The Balaban J connectivity index is 0.00000289. The van der Waals surface area contributed by atoms with Crippen molar-refractivity contribution in [3.05, 3.63) is 112 Å². The van der Waals surface area contributed by atoms with Crippen LogP contribution in [0.15, 0.2) is 72.8 Å². The van der Waals surface area contributed by atoms with Gasteiger partial charge < -0.3 is 0 Å². The highest BCUT2D eigenvalue weighted by Crippen LogP contribution is 2.30. The number of nitrogens with zero attached hydrogens (tertiary/aromatic N) is 3. The molecule has 0 aliphatic heterocycles. The molecule has 1 fully saturated rings. The van der Waals surface area contributed by atoms with Gasteiger partial charge in [-0.3, -0.25) is 9.69 Å². The molecule has 1 saturated carbocycles. The first-order valence-electron chi connectivity index (χ1n) is 10.5. The molecule has 1 aliphatic carbocycles. The minimum atomic E-state index is 0. The van der Waals surface area contributed by atoms with Gasteiger partial charge >= 0.3 is 0 Å². The molecule has 32 heavy (non-hydrogen) atoms. The van der Waals surface area contributed by atoms with E-state index in [1.165, 1.54) is 18.4 Å². The number of carbonyl (C=O) groups excluding carboxylic acids is 1. The van der Waals surface area contributed by atoms with Gasteiger partial charge in [-0.1, -0.05) is 54.6 Å². The van der Waals surface area contributed by atoms with E-state index in [4.69, 9.17) is 11.8 Å². The first kappa shape index (κ1) is 23.2. The van der Waals surface area contributed by atoms with Gasteiger partial charge in [0.25, 0.3) is 0 Å². The minimum Gasteiger partial charge on any atom is -0.294 e. The van der Waals surface area contributed by atoms with Gasteiger partial charge in [-0.25, -0.2) is 4.85 Å². The van der Waals surface area contributed by atoms with Gasteiger partial charge in [0.1, 0.15) is 0 Å². The maximum absolute atomic E-state index is 12.8. The van der Waals surface area contributed by atoms with Crippen LogP contribution in [0.4, 0.5) is 5.69 Å². The molecule has 3 aromatic carbocycles. The summed E-state index contributed by atoms with van der Waals surface area (Å²) in [6.07, 6.45) is 2.74. The van der Waals surface area contributed by atoms with Crippen molar-refractivity contribution in [1.29, 1.82) is 5.26 Å². The van der Waals surface area contributed by atoms with Crippen LogP contribution in [0.5, 0.6) is 0 Å². The van der Waals surface area contributed by atoms with Crippen molar-refractivity contribution >= 4 is 23.9 Å². The Morgan fingerprint density at radius 2 is 1.62 bits per heavy atom. The summed E-state index contributed by atoms with van der Waals surface area (Å²) in [5, 5.41) is 8.99. The number of rotatable bonds is 8. The van der Waals surface area contributed by atoms with Crippen molar-refractivity contribution in [1.82, 2.24) is 4.90 Å². The molecular formula is C27H24ClN3O. The Morgan fingerprint density at radius 1 is 0.969 bits per heavy atom. The van der Waals surface area contributed by atoms with E-state index in [-0.39, 0.29) is 18.2 Å². The molecule has 5 heteroatoms. The zero-order valence-corrected chi connectivity index (χ0v) is 18.5. The van der Waals surface area contributed by atoms with Crippen molar-refractivity contribution in [3.63, 3.8) is 0 Å². The lowest BCUT2D eigenvalue weighted by Gasteiger charge is -2.22. The van der Waals surface area contributed by atoms with Gasteiger partial charge in [-0.15, -0.1) is 12.4 Å². The highest BCUT2D eigenvalue weighted by molar-refractivity contribution is 5.97. The monoisotopic (exact) mass is 441 g/mol. The second-order valence-corrected chi connectivity index (χ2v) is 8.02. The third-order valence-corrected chi connectivity index (χ3v) is 5.60. The van der Waals surface area contributed by atoms with Crippen LogP contribution in [0.1, 0.15) is 45.5 Å². The van der Waals surface area contributed by atoms with Crippen molar-refractivity contribution in [3.8, 4) is 6.07 Å². The molecule has 0 atom stereocenters. The molecule has 0 spiro atoms. The summed E-state index contributed by atoms with van der Waals surface area (Å²) < 4.78 is 0. The number of ketones is 1. The molecule has 0 heterocycles. The van der Waals surface area contributed by atoms with Crippen molar-refractivity contribution in [2.45, 2.75) is 38.4 Å². The van der Waals surface area contributed by atoms with Crippen molar-refractivity contribution in [2.24, 2.45) is 0 Å². The molecule has 0 bridgehead atoms. The highest BCUT2D eigenvalue weighted by Gasteiger charge is 2.29. The molecule has 0 amide bonds. The average Bonchev–Trinajstić information content (AvgIpc) is 3.65. The summed E-state index contributed by atoms with van der Waals surface area (Å²) in [5.41, 5.74) is 5.23. The number of halogens is 1. The Kier molecular flexibility index (Phi) is 7.79. The Hall–Kier alpha value is -3.44. The minimum absolute atomic E-state index is 0. The Bertz CT molecular complexity index is 1150. The molecule has 160 valence electrons. The van der Waals surface area contributed by atoms with Crippen LogP contribution in [0.3, 0.4) is 0 Å². The van der Waals surface area contributed by atoms with Gasteiger partial charge in [0.05, 0.1) is 18.2 Å². The fourth-order valence-electron chi connectivity index (χ4n) is 3.73. The highest BCUT2D eigenvalue weighted by atomic mass is 35.5. The van der Waals surface area contributed by atoms with Crippen LogP contribution >= 0.6 is 12.4 Å². The molecule has 4 nitrogen and oxygen atoms in total. The van der Waals surface area contributed by atoms with Crippen LogP contribution in [0.2, 0.25) is 0 Å². The van der Waals surface area contributed by atoms with E-state index in [0.29, 0.717) is 23.7 Å². The third-order valence-electron chi connectivity index (χ3n) is 5.60. The van der Waals surface area contributed by atoms with Gasteiger partial charge in [0, 0.05) is 31.1 Å². The summed E-state index contributed by atoms with van der Waals surface area (Å²) >= 11 is 0. The molecule has 3 aromatic rings. The van der Waals surface area contributed by atoms with E-state index in [2.05, 4.69) is 21.9 Å². The van der Waals surface area contributed by atoms with Gasteiger partial charge in [-0.2, -0.15) is 5.26 Å². The molecular weight excluding hydrogens is 418 g/mol. The molecule has 0 aromatic heterocycles. The molecule has 0 unspecified atom stereocenters. The van der Waals surface area contributed by atoms with E-state index in [0.717, 1.165) is 29.8 Å². The lowest BCUT2D eigenvalue weighted by Crippen LogP contribution is -2.25. The smallest absolute Gasteiger partial charge is 0.187 e. The molecule has 0 saturated heterocycles. The van der Waals surface area contributed by atoms with E-state index in [9.17, 15) is 4.79 Å². The summed E-state index contributed by atoms with van der Waals surface area (Å²) in [6.45, 7) is 8.67. The predicted molar refractivity (Wildman–Crippen MR) is 128 cm³/mol. The number of Topliss-reactive ketones (excluding diaryl/α,β-unsaturated/α-hetero) is 1. The first-order chi connectivity index (χ1) is 15.1. The number of nitriles is 1. The zero-order valence-electron chi connectivity index (χ0n) is 17.7. The van der Waals surface area contributed by atoms with E-state index in [1.807, 2.05) is 54.6 Å². The molecule has 0 N–H and O–H groups in total. The normalized spacial score (nSPS) is 12.5. The largest absolute Gasteiger partial charge is 0.294 e. The average molecular weight is 442 g/mol. The maximum Gasteiger partial charge on any atom is 0.187 e. The summed E-state index contributed by atoms with van der Waals surface area (Å²) in [6, 6.07) is 25.6. The van der Waals surface area contributed by atoms with Crippen LogP contribution in [-0.4, -0.2) is 16.7 Å². The number of carbonyl (C=O) groups is 1. The van der Waals surface area contributed by atoms with Crippen LogP contribution in [0.25, 0.3) is 4.85 Å². The summed E-state index contributed by atoms with van der Waals surface area (Å²) in [4.78, 5) is 18.6. The quantitative estimate of drug-likeness (QED) is 0.312. The lowest BCUT2D eigenvalue weighted by molar-refractivity contribution is 0.0992. The standard InChI is InChI=1S/C27H23N3O.ClH/c1-29-25-11-9-20(10-12-25)16-27(31)24-4-2-3-23(15-24)19-30(26-13-14-26)18-22-7-5-21(17-28)6-8-22;/h2-12,15,26H,13-14,16,18-19H2;1H. The topological polar surface area (TPSA) is 48.5 Å². The number of benzene rings is 3. The molecule has 0 radical (unpaired) electrons. The maximum atomic E-state index is 12.8. The SMILES string of the molecule is Cl.[C-]#[N+]c1ccc(CC(=O)c2cccc(CN(Cc3ccc(C#N)cc3)C3CC3)c2)cc1. The summed E-state index contributed by atoms with van der Waals surface area (Å²) in [5.74, 6) is 0.0856. The number of hydrogen-bond acceptors (Lipinski definition) is 3. The lowest BCUT2D eigenvalue weighted by atomic mass is 10.0. The third kappa shape index (κ3) is 6.05. The molecule has 4 rings (SSSR count). The van der Waals surface area contributed by atoms with E-state index >= 15 is 0 Å². The van der Waals surface area contributed by atoms with Crippen molar-refractivity contribution < 1.29 is 4.79 Å². The predicted octanol–water partition coefficient (Wildman–Crippen LogP) is 6.12. The van der Waals surface area contributed by atoms with Crippen LogP contribution in [-0.2, 0) is 19.5 Å². The van der Waals surface area contributed by atoms with Gasteiger partial charge in [0.2, 0.25) is 0 Å². The van der Waals surface area contributed by atoms with E-state index < -0.39 is 0 Å². The Labute approximate surface area is 195 Å². The second-order valence-electron chi connectivity index (χ2n) is 8.02. The fraction of sp³-hybridized carbons (Fsp3) is 0.222. The van der Waals surface area contributed by atoms with E-state index in [1.54, 1.807) is 12.1 Å². The molecule has 1 aliphatic rings.